The van der Waals surface area contributed by atoms with E-state index in [-0.39, 0.29) is 6.04 Å². The van der Waals surface area contributed by atoms with E-state index in [1.165, 1.54) is 0 Å². The first-order valence-corrected chi connectivity index (χ1v) is 4.00. The molecule has 0 fully saturated rings. The number of hydrogen-bond acceptors (Lipinski definition) is 3. The standard InChI is InChI=1S/C8H15NO2/c1-2-10-6-7(9)8-4-3-5-11-8/h4,7H,2-3,5-6,9H2,1H3. The van der Waals surface area contributed by atoms with E-state index in [0.717, 1.165) is 18.8 Å². The van der Waals surface area contributed by atoms with Crippen LogP contribution in [0, 0.1) is 0 Å². The van der Waals surface area contributed by atoms with Gasteiger partial charge in [-0.2, -0.15) is 0 Å². The number of nitrogens with two attached hydrogens (primary N) is 1. The van der Waals surface area contributed by atoms with Crippen molar-refractivity contribution in [2.24, 2.45) is 5.73 Å². The molecule has 0 saturated carbocycles. The van der Waals surface area contributed by atoms with E-state index in [2.05, 4.69) is 0 Å². The van der Waals surface area contributed by atoms with Gasteiger partial charge >= 0.3 is 0 Å². The van der Waals surface area contributed by atoms with Gasteiger partial charge in [0.05, 0.1) is 19.3 Å². The van der Waals surface area contributed by atoms with Crippen LogP contribution in [0.3, 0.4) is 0 Å². The molecule has 3 heteroatoms. The van der Waals surface area contributed by atoms with E-state index in [1.807, 2.05) is 13.0 Å². The summed E-state index contributed by atoms with van der Waals surface area (Å²) in [7, 11) is 0. The molecule has 1 atom stereocenters. The van der Waals surface area contributed by atoms with Gasteiger partial charge in [-0.3, -0.25) is 0 Å². The minimum absolute atomic E-state index is 0.0718. The van der Waals surface area contributed by atoms with Crippen LogP contribution in [0.2, 0.25) is 0 Å². The van der Waals surface area contributed by atoms with Crippen LogP contribution in [0.15, 0.2) is 11.8 Å². The molecule has 1 rings (SSSR count). The lowest BCUT2D eigenvalue weighted by molar-refractivity contribution is 0.119. The summed E-state index contributed by atoms with van der Waals surface area (Å²) in [5, 5.41) is 0. The van der Waals surface area contributed by atoms with Crippen molar-refractivity contribution in [1.82, 2.24) is 0 Å². The predicted molar refractivity (Wildman–Crippen MR) is 43.1 cm³/mol. The highest BCUT2D eigenvalue weighted by Gasteiger charge is 2.13. The first kappa shape index (κ1) is 8.56. The van der Waals surface area contributed by atoms with Crippen molar-refractivity contribution in [1.29, 1.82) is 0 Å². The van der Waals surface area contributed by atoms with Crippen LogP contribution in [0.25, 0.3) is 0 Å². The summed E-state index contributed by atoms with van der Waals surface area (Å²) in [6.07, 6.45) is 3.01. The summed E-state index contributed by atoms with van der Waals surface area (Å²) in [6.45, 7) is 4.00. The molecule has 0 spiro atoms. The maximum absolute atomic E-state index is 5.75. The molecule has 0 saturated heterocycles. The lowest BCUT2D eigenvalue weighted by atomic mass is 10.2. The molecule has 0 aliphatic carbocycles. The molecule has 0 amide bonds. The van der Waals surface area contributed by atoms with E-state index in [9.17, 15) is 0 Å². The van der Waals surface area contributed by atoms with Gasteiger partial charge in [-0.25, -0.2) is 0 Å². The van der Waals surface area contributed by atoms with Gasteiger partial charge in [-0.15, -0.1) is 0 Å². The SMILES string of the molecule is CCOCC(N)C1=CCCO1. The van der Waals surface area contributed by atoms with Crippen molar-refractivity contribution in [3.05, 3.63) is 11.8 Å². The van der Waals surface area contributed by atoms with Crippen LogP contribution in [0.4, 0.5) is 0 Å². The Balaban J connectivity index is 2.23. The van der Waals surface area contributed by atoms with Crippen LogP contribution in [0.5, 0.6) is 0 Å². The Labute approximate surface area is 67.2 Å². The number of rotatable bonds is 4. The quantitative estimate of drug-likeness (QED) is 0.651. The fourth-order valence-corrected chi connectivity index (χ4v) is 1.02. The first-order chi connectivity index (χ1) is 5.34. The Morgan fingerprint density at radius 2 is 2.64 bits per heavy atom. The first-order valence-electron chi connectivity index (χ1n) is 4.00. The fraction of sp³-hybridized carbons (Fsp3) is 0.750. The molecule has 3 nitrogen and oxygen atoms in total. The van der Waals surface area contributed by atoms with Gasteiger partial charge in [-0.05, 0) is 13.0 Å². The molecule has 1 aliphatic rings. The van der Waals surface area contributed by atoms with E-state index >= 15 is 0 Å². The number of ether oxygens (including phenoxy) is 2. The zero-order valence-corrected chi connectivity index (χ0v) is 6.88. The monoisotopic (exact) mass is 157 g/mol. The third kappa shape index (κ3) is 2.52. The van der Waals surface area contributed by atoms with Gasteiger partial charge in [-0.1, -0.05) is 0 Å². The third-order valence-electron chi connectivity index (χ3n) is 1.60. The summed E-state index contributed by atoms with van der Waals surface area (Å²) < 4.78 is 10.4. The van der Waals surface area contributed by atoms with Crippen LogP contribution >= 0.6 is 0 Å². The topological polar surface area (TPSA) is 44.5 Å². The molecule has 0 aromatic heterocycles. The molecule has 0 radical (unpaired) electrons. The van der Waals surface area contributed by atoms with E-state index in [0.29, 0.717) is 13.2 Å². The van der Waals surface area contributed by atoms with Gasteiger partial charge in [0.25, 0.3) is 0 Å². The highest BCUT2D eigenvalue weighted by atomic mass is 16.5. The third-order valence-corrected chi connectivity index (χ3v) is 1.60. The van der Waals surface area contributed by atoms with Gasteiger partial charge in [0, 0.05) is 13.0 Å². The fourth-order valence-electron chi connectivity index (χ4n) is 1.02. The van der Waals surface area contributed by atoms with Crippen LogP contribution in [-0.4, -0.2) is 25.9 Å². The minimum atomic E-state index is -0.0718. The molecule has 0 aromatic rings. The Hall–Kier alpha value is -0.540. The molecular formula is C8H15NO2. The van der Waals surface area contributed by atoms with Crippen molar-refractivity contribution in [3.63, 3.8) is 0 Å². The lowest BCUT2D eigenvalue weighted by Crippen LogP contribution is -2.28. The Morgan fingerprint density at radius 3 is 3.18 bits per heavy atom. The molecule has 11 heavy (non-hydrogen) atoms. The normalized spacial score (nSPS) is 19.3. The summed E-state index contributed by atoms with van der Waals surface area (Å²) in [6, 6.07) is -0.0718. The maximum Gasteiger partial charge on any atom is 0.111 e. The van der Waals surface area contributed by atoms with Crippen LogP contribution in [-0.2, 0) is 9.47 Å². The van der Waals surface area contributed by atoms with Gasteiger partial charge in [0.2, 0.25) is 0 Å². The van der Waals surface area contributed by atoms with Crippen LogP contribution in [0.1, 0.15) is 13.3 Å². The van der Waals surface area contributed by atoms with E-state index in [4.69, 9.17) is 15.2 Å². The van der Waals surface area contributed by atoms with Crippen molar-refractivity contribution in [2.75, 3.05) is 19.8 Å². The van der Waals surface area contributed by atoms with E-state index in [1.54, 1.807) is 0 Å². The molecule has 1 aliphatic heterocycles. The van der Waals surface area contributed by atoms with Gasteiger partial charge < -0.3 is 15.2 Å². The van der Waals surface area contributed by atoms with Gasteiger partial charge in [0.15, 0.2) is 0 Å². The average Bonchev–Trinajstić information content (AvgIpc) is 2.52. The summed E-state index contributed by atoms with van der Waals surface area (Å²) in [5.74, 6) is 0.887. The predicted octanol–water partition coefficient (Wildman–Crippen LogP) is 0.654. The molecule has 1 heterocycles. The highest BCUT2D eigenvalue weighted by Crippen LogP contribution is 2.11. The minimum Gasteiger partial charge on any atom is -0.496 e. The summed E-state index contributed by atoms with van der Waals surface area (Å²) in [4.78, 5) is 0. The Morgan fingerprint density at radius 1 is 1.82 bits per heavy atom. The molecule has 1 unspecified atom stereocenters. The molecule has 2 N–H and O–H groups in total. The van der Waals surface area contributed by atoms with Crippen molar-refractivity contribution in [2.45, 2.75) is 19.4 Å². The largest absolute Gasteiger partial charge is 0.496 e. The smallest absolute Gasteiger partial charge is 0.111 e. The highest BCUT2D eigenvalue weighted by molar-refractivity contribution is 5.05. The lowest BCUT2D eigenvalue weighted by Gasteiger charge is -2.12. The van der Waals surface area contributed by atoms with Gasteiger partial charge in [0.1, 0.15) is 5.76 Å². The average molecular weight is 157 g/mol. The zero-order valence-electron chi connectivity index (χ0n) is 6.88. The van der Waals surface area contributed by atoms with Crippen molar-refractivity contribution < 1.29 is 9.47 Å². The molecular weight excluding hydrogens is 142 g/mol. The van der Waals surface area contributed by atoms with E-state index < -0.39 is 0 Å². The second-order valence-corrected chi connectivity index (χ2v) is 2.51. The zero-order chi connectivity index (χ0) is 8.10. The second-order valence-electron chi connectivity index (χ2n) is 2.51. The number of hydrogen-bond donors (Lipinski definition) is 1. The molecule has 64 valence electrons. The van der Waals surface area contributed by atoms with Crippen molar-refractivity contribution in [3.8, 4) is 0 Å². The van der Waals surface area contributed by atoms with Crippen LogP contribution < -0.4 is 5.73 Å². The van der Waals surface area contributed by atoms with Crippen molar-refractivity contribution >= 4 is 0 Å². The maximum atomic E-state index is 5.75. The molecule has 0 bridgehead atoms. The Kier molecular flexibility index (Phi) is 3.39. The summed E-state index contributed by atoms with van der Waals surface area (Å²) >= 11 is 0. The summed E-state index contributed by atoms with van der Waals surface area (Å²) in [5.41, 5.74) is 5.75. The molecule has 0 aromatic carbocycles. The Bertz CT molecular complexity index is 145. The second kappa shape index (κ2) is 4.36.